The van der Waals surface area contributed by atoms with Gasteiger partial charge in [0.1, 0.15) is 11.6 Å². The minimum atomic E-state index is -0.599. The molecule has 0 unspecified atom stereocenters. The van der Waals surface area contributed by atoms with Crippen LogP contribution in [-0.4, -0.2) is 37.1 Å². The number of hydrogen-bond donors (Lipinski definition) is 1. The molecule has 0 saturated carbocycles. The number of Topliss-reactive ketones (excluding diaryl/α,β-unsaturated/α-hetero) is 1. The van der Waals surface area contributed by atoms with Crippen LogP contribution in [0.3, 0.4) is 0 Å². The van der Waals surface area contributed by atoms with Crippen molar-refractivity contribution in [2.45, 2.75) is 27.7 Å². The Morgan fingerprint density at radius 3 is 2.38 bits per heavy atom. The number of hydrogen-bond acceptors (Lipinski definition) is 6. The number of carbonyl (C=O) groups excluding carboxylic acids is 2. The quantitative estimate of drug-likeness (QED) is 0.313. The van der Waals surface area contributed by atoms with Gasteiger partial charge in [-0.05, 0) is 51.5 Å². The van der Waals surface area contributed by atoms with Crippen LogP contribution in [-0.2, 0) is 4.74 Å². The predicted molar refractivity (Wildman–Crippen MR) is 108 cm³/mol. The zero-order valence-corrected chi connectivity index (χ0v) is 17.2. The van der Waals surface area contributed by atoms with E-state index >= 15 is 0 Å². The number of rotatable bonds is 8. The smallest absolute Gasteiger partial charge is 0.340 e. The van der Waals surface area contributed by atoms with Crippen LogP contribution in [0.5, 0.6) is 11.5 Å². The Morgan fingerprint density at radius 1 is 1.10 bits per heavy atom. The molecular weight excluding hydrogens is 372 g/mol. The minimum Gasteiger partial charge on any atom is -0.493 e. The Balaban J connectivity index is 2.50. The SMILES string of the molecule is CCOC(=O)c1c(C)[nH]c(C)c1C(=O)/C(C#N)=C/c1ccc(OCC)c(OC)c1. The lowest BCUT2D eigenvalue weighted by atomic mass is 9.98. The van der Waals surface area contributed by atoms with Crippen molar-refractivity contribution in [3.63, 3.8) is 0 Å². The van der Waals surface area contributed by atoms with Crippen LogP contribution in [0.2, 0.25) is 0 Å². The van der Waals surface area contributed by atoms with Crippen molar-refractivity contribution < 1.29 is 23.8 Å². The van der Waals surface area contributed by atoms with Gasteiger partial charge >= 0.3 is 5.97 Å². The Morgan fingerprint density at radius 2 is 1.79 bits per heavy atom. The number of methoxy groups -OCH3 is 1. The third-order valence-electron chi connectivity index (χ3n) is 4.25. The van der Waals surface area contributed by atoms with Crippen LogP contribution >= 0.6 is 0 Å². The van der Waals surface area contributed by atoms with Gasteiger partial charge in [-0.1, -0.05) is 6.07 Å². The van der Waals surface area contributed by atoms with Gasteiger partial charge in [-0.2, -0.15) is 5.26 Å². The molecule has 1 aromatic carbocycles. The molecule has 1 N–H and O–H groups in total. The van der Waals surface area contributed by atoms with Crippen molar-refractivity contribution in [2.24, 2.45) is 0 Å². The topological polar surface area (TPSA) is 101 Å². The summed E-state index contributed by atoms with van der Waals surface area (Å²) < 4.78 is 15.9. The van der Waals surface area contributed by atoms with Crippen molar-refractivity contribution in [3.8, 4) is 17.6 Å². The van der Waals surface area contributed by atoms with Crippen LogP contribution < -0.4 is 9.47 Å². The molecule has 0 saturated heterocycles. The Hall–Kier alpha value is -3.53. The van der Waals surface area contributed by atoms with E-state index in [1.807, 2.05) is 13.0 Å². The fraction of sp³-hybridized carbons (Fsp3) is 0.318. The third-order valence-corrected chi connectivity index (χ3v) is 4.25. The fourth-order valence-corrected chi connectivity index (χ4v) is 3.02. The molecule has 0 aliphatic heterocycles. The largest absolute Gasteiger partial charge is 0.493 e. The van der Waals surface area contributed by atoms with E-state index in [0.29, 0.717) is 35.1 Å². The number of esters is 1. The molecule has 2 rings (SSSR count). The van der Waals surface area contributed by atoms with Crippen LogP contribution in [0, 0.1) is 25.2 Å². The first-order valence-electron chi connectivity index (χ1n) is 9.21. The lowest BCUT2D eigenvalue weighted by Gasteiger charge is -2.10. The Bertz CT molecular complexity index is 995. The van der Waals surface area contributed by atoms with Gasteiger partial charge in [0.25, 0.3) is 0 Å². The molecule has 7 heteroatoms. The van der Waals surface area contributed by atoms with Crippen LogP contribution in [0.4, 0.5) is 0 Å². The first-order chi connectivity index (χ1) is 13.9. The minimum absolute atomic E-state index is 0.108. The molecular formula is C22H24N2O5. The van der Waals surface area contributed by atoms with E-state index in [0.717, 1.165) is 0 Å². The molecule has 0 fully saturated rings. The number of aromatic nitrogens is 1. The van der Waals surface area contributed by atoms with E-state index in [-0.39, 0.29) is 23.3 Å². The number of nitrogens with zero attached hydrogens (tertiary/aromatic N) is 1. The summed E-state index contributed by atoms with van der Waals surface area (Å²) in [6.07, 6.45) is 1.46. The molecule has 0 radical (unpaired) electrons. The van der Waals surface area contributed by atoms with E-state index in [9.17, 15) is 14.9 Å². The number of ketones is 1. The normalized spacial score (nSPS) is 11.0. The van der Waals surface area contributed by atoms with E-state index in [1.165, 1.54) is 13.2 Å². The number of nitrogens with one attached hydrogen (secondary N) is 1. The number of benzene rings is 1. The molecule has 0 atom stereocenters. The standard InChI is InChI=1S/C22H24N2O5/c1-6-28-17-9-8-15(11-18(17)27-5)10-16(12-23)21(25)19-13(3)24-14(4)20(19)22(26)29-7-2/h8-11,24H,6-7H2,1-5H3/b16-10+. The first-order valence-corrected chi connectivity index (χ1v) is 9.21. The highest BCUT2D eigenvalue weighted by atomic mass is 16.5. The summed E-state index contributed by atoms with van der Waals surface area (Å²) in [5, 5.41) is 9.59. The van der Waals surface area contributed by atoms with Gasteiger partial charge in [-0.25, -0.2) is 4.79 Å². The summed E-state index contributed by atoms with van der Waals surface area (Å²) in [6, 6.07) is 7.05. The lowest BCUT2D eigenvalue weighted by Crippen LogP contribution is -2.13. The molecule has 2 aromatic rings. The maximum Gasteiger partial charge on any atom is 0.340 e. The third kappa shape index (κ3) is 4.66. The number of aromatic amines is 1. The summed E-state index contributed by atoms with van der Waals surface area (Å²) >= 11 is 0. The number of aryl methyl sites for hydroxylation is 2. The van der Waals surface area contributed by atoms with Gasteiger partial charge in [-0.15, -0.1) is 0 Å². The molecule has 0 amide bonds. The maximum absolute atomic E-state index is 13.1. The van der Waals surface area contributed by atoms with Crippen molar-refractivity contribution in [1.29, 1.82) is 5.26 Å². The highest BCUT2D eigenvalue weighted by Crippen LogP contribution is 2.30. The second-order valence-electron chi connectivity index (χ2n) is 6.19. The Labute approximate surface area is 169 Å². The molecule has 0 aliphatic rings. The number of allylic oxidation sites excluding steroid dienone is 1. The van der Waals surface area contributed by atoms with Crippen LogP contribution in [0.15, 0.2) is 23.8 Å². The second kappa shape index (κ2) is 9.60. The molecule has 29 heavy (non-hydrogen) atoms. The molecule has 7 nitrogen and oxygen atoms in total. The number of nitriles is 1. The van der Waals surface area contributed by atoms with Crippen molar-refractivity contribution >= 4 is 17.8 Å². The average molecular weight is 396 g/mol. The molecule has 1 heterocycles. The first kappa shape index (κ1) is 21.8. The van der Waals surface area contributed by atoms with Gasteiger partial charge in [-0.3, -0.25) is 4.79 Å². The summed E-state index contributed by atoms with van der Waals surface area (Å²) in [5.41, 5.74) is 1.80. The van der Waals surface area contributed by atoms with E-state index in [4.69, 9.17) is 14.2 Å². The lowest BCUT2D eigenvalue weighted by molar-refractivity contribution is 0.0523. The highest BCUT2D eigenvalue weighted by Gasteiger charge is 2.27. The molecule has 0 spiro atoms. The fourth-order valence-electron chi connectivity index (χ4n) is 3.02. The van der Waals surface area contributed by atoms with E-state index < -0.39 is 11.8 Å². The van der Waals surface area contributed by atoms with Crippen molar-refractivity contribution in [2.75, 3.05) is 20.3 Å². The molecule has 0 aliphatic carbocycles. The molecule has 152 valence electrons. The summed E-state index contributed by atoms with van der Waals surface area (Å²) in [4.78, 5) is 28.4. The van der Waals surface area contributed by atoms with Gasteiger partial charge in [0, 0.05) is 11.4 Å². The zero-order valence-electron chi connectivity index (χ0n) is 17.2. The highest BCUT2D eigenvalue weighted by molar-refractivity contribution is 6.19. The van der Waals surface area contributed by atoms with Gasteiger partial charge in [0.2, 0.25) is 5.78 Å². The zero-order chi connectivity index (χ0) is 21.6. The van der Waals surface area contributed by atoms with Gasteiger partial charge in [0.15, 0.2) is 11.5 Å². The molecule has 0 bridgehead atoms. The number of H-pyrrole nitrogens is 1. The number of ether oxygens (including phenoxy) is 3. The van der Waals surface area contributed by atoms with Gasteiger partial charge in [0.05, 0.1) is 31.5 Å². The number of carbonyl (C=O) groups is 2. The van der Waals surface area contributed by atoms with Crippen molar-refractivity contribution in [3.05, 3.63) is 51.9 Å². The van der Waals surface area contributed by atoms with Gasteiger partial charge < -0.3 is 19.2 Å². The maximum atomic E-state index is 13.1. The summed E-state index contributed by atoms with van der Waals surface area (Å²) in [7, 11) is 1.51. The van der Waals surface area contributed by atoms with Crippen molar-refractivity contribution in [1.82, 2.24) is 4.98 Å². The van der Waals surface area contributed by atoms with E-state index in [1.54, 1.807) is 39.0 Å². The average Bonchev–Trinajstić information content (AvgIpc) is 3.00. The summed E-state index contributed by atoms with van der Waals surface area (Å²) in [6.45, 7) is 7.58. The predicted octanol–water partition coefficient (Wildman–Crippen LogP) is 4.01. The summed E-state index contributed by atoms with van der Waals surface area (Å²) in [5.74, 6) is -0.0899. The van der Waals surface area contributed by atoms with E-state index in [2.05, 4.69) is 4.98 Å². The Kier molecular flexibility index (Phi) is 7.21. The molecule has 1 aromatic heterocycles. The monoisotopic (exact) mass is 396 g/mol. The second-order valence-corrected chi connectivity index (χ2v) is 6.19. The van der Waals surface area contributed by atoms with Crippen LogP contribution in [0.25, 0.3) is 6.08 Å². The van der Waals surface area contributed by atoms with Crippen LogP contribution in [0.1, 0.15) is 51.5 Å².